The lowest BCUT2D eigenvalue weighted by atomic mass is 10.1. The van der Waals surface area contributed by atoms with Gasteiger partial charge in [0.15, 0.2) is 18.1 Å². The van der Waals surface area contributed by atoms with E-state index in [1.54, 1.807) is 73.7 Å². The summed E-state index contributed by atoms with van der Waals surface area (Å²) in [5.74, 6) is -0.942. The maximum absolute atomic E-state index is 13.4. The van der Waals surface area contributed by atoms with Crippen molar-refractivity contribution in [2.75, 3.05) is 23.4 Å². The van der Waals surface area contributed by atoms with Crippen LogP contribution in [-0.2, 0) is 21.0 Å². The molecular weight excluding hydrogens is 598 g/mol. The van der Waals surface area contributed by atoms with Crippen LogP contribution in [0.3, 0.4) is 0 Å². The van der Waals surface area contributed by atoms with Crippen molar-refractivity contribution in [1.82, 2.24) is 5.32 Å². The maximum atomic E-state index is 13.4. The van der Waals surface area contributed by atoms with Crippen molar-refractivity contribution in [3.63, 3.8) is 0 Å². The highest BCUT2D eigenvalue weighted by Crippen LogP contribution is 2.31. The molecule has 5 amide bonds. The fourth-order valence-electron chi connectivity index (χ4n) is 4.39. The first-order chi connectivity index (χ1) is 21.8. The van der Waals surface area contributed by atoms with E-state index in [4.69, 9.17) is 25.8 Å². The van der Waals surface area contributed by atoms with E-state index in [0.717, 1.165) is 10.5 Å². The number of anilines is 2. The smallest absolute Gasteiger partial charge is 0.335 e. The summed E-state index contributed by atoms with van der Waals surface area (Å²) in [7, 11) is 0. The highest BCUT2D eigenvalue weighted by Gasteiger charge is 2.36. The lowest BCUT2D eigenvalue weighted by Gasteiger charge is -2.26. The topological polar surface area (TPSA) is 123 Å². The normalized spacial score (nSPS) is 13.8. The number of ether oxygens (including phenoxy) is 3. The van der Waals surface area contributed by atoms with Crippen LogP contribution in [0, 0.1) is 0 Å². The van der Waals surface area contributed by atoms with E-state index in [-0.39, 0.29) is 30.2 Å². The molecule has 0 spiro atoms. The van der Waals surface area contributed by atoms with Crippen LogP contribution in [0.5, 0.6) is 17.2 Å². The lowest BCUT2D eigenvalue weighted by Crippen LogP contribution is -2.54. The summed E-state index contributed by atoms with van der Waals surface area (Å²) in [6, 6.07) is 26.7. The van der Waals surface area contributed by atoms with E-state index >= 15 is 0 Å². The SMILES string of the molecule is CCOc1cc(/C=C2/C(=O)NC(=O)N(c3ccc(OCc4ccccc4)cc3)C2=O)ccc1OCC(=O)Nc1ccccc1Cl. The molecule has 0 radical (unpaired) electrons. The van der Waals surface area contributed by atoms with Gasteiger partial charge < -0.3 is 19.5 Å². The molecule has 1 fully saturated rings. The second-order valence-corrected chi connectivity index (χ2v) is 10.1. The number of hydrogen-bond donors (Lipinski definition) is 2. The number of para-hydroxylation sites is 1. The molecule has 0 aromatic heterocycles. The number of hydrogen-bond acceptors (Lipinski definition) is 7. The zero-order chi connectivity index (χ0) is 31.8. The number of urea groups is 1. The van der Waals surface area contributed by atoms with E-state index in [1.165, 1.54) is 6.08 Å². The molecule has 10 nitrogen and oxygen atoms in total. The lowest BCUT2D eigenvalue weighted by molar-refractivity contribution is -0.122. The summed E-state index contributed by atoms with van der Waals surface area (Å²) >= 11 is 6.10. The molecule has 0 saturated carbocycles. The largest absolute Gasteiger partial charge is 0.490 e. The molecule has 45 heavy (non-hydrogen) atoms. The average Bonchev–Trinajstić information content (AvgIpc) is 3.04. The van der Waals surface area contributed by atoms with Crippen molar-refractivity contribution in [3.8, 4) is 17.2 Å². The predicted octanol–water partition coefficient (Wildman–Crippen LogP) is 6.00. The summed E-state index contributed by atoms with van der Waals surface area (Å²) in [6.45, 7) is 2.10. The quantitative estimate of drug-likeness (QED) is 0.155. The van der Waals surface area contributed by atoms with Gasteiger partial charge in [0, 0.05) is 0 Å². The van der Waals surface area contributed by atoms with Gasteiger partial charge in [0.1, 0.15) is 17.9 Å². The highest BCUT2D eigenvalue weighted by molar-refractivity contribution is 6.39. The van der Waals surface area contributed by atoms with E-state index < -0.39 is 23.8 Å². The van der Waals surface area contributed by atoms with Gasteiger partial charge >= 0.3 is 6.03 Å². The number of amides is 5. The number of benzene rings is 4. The van der Waals surface area contributed by atoms with Crippen molar-refractivity contribution >= 4 is 52.8 Å². The number of carbonyl (C=O) groups excluding carboxylic acids is 4. The van der Waals surface area contributed by atoms with Gasteiger partial charge in [0.25, 0.3) is 17.7 Å². The third-order valence-electron chi connectivity index (χ3n) is 6.53. The molecule has 0 bridgehead atoms. The fraction of sp³-hybridized carbons (Fsp3) is 0.118. The van der Waals surface area contributed by atoms with Crippen LogP contribution >= 0.6 is 11.6 Å². The molecule has 5 rings (SSSR count). The Balaban J connectivity index is 1.29. The van der Waals surface area contributed by atoms with E-state index in [0.29, 0.717) is 34.4 Å². The number of imide groups is 2. The van der Waals surface area contributed by atoms with Crippen LogP contribution in [0.15, 0.2) is 103 Å². The van der Waals surface area contributed by atoms with E-state index in [2.05, 4.69) is 10.6 Å². The second kappa shape index (κ2) is 14.2. The standard InChI is InChI=1S/C34H28ClN3O7/c1-2-43-30-19-23(12-17-29(30)45-21-31(39)36-28-11-7-6-10-27(28)35)18-26-32(40)37-34(42)38(33(26)41)24-13-15-25(16-14-24)44-20-22-8-4-3-5-9-22/h3-19H,2,20-21H2,1H3,(H,36,39)(H,37,40,42)/b26-18-. The third-order valence-corrected chi connectivity index (χ3v) is 6.86. The Bertz CT molecular complexity index is 1760. The van der Waals surface area contributed by atoms with Crippen molar-refractivity contribution in [2.24, 2.45) is 0 Å². The molecular formula is C34H28ClN3O7. The summed E-state index contributed by atoms with van der Waals surface area (Å²) < 4.78 is 17.2. The molecule has 0 aliphatic carbocycles. The zero-order valence-corrected chi connectivity index (χ0v) is 24.9. The molecule has 0 atom stereocenters. The first kappa shape index (κ1) is 30.8. The maximum Gasteiger partial charge on any atom is 0.335 e. The van der Waals surface area contributed by atoms with Crippen molar-refractivity contribution in [2.45, 2.75) is 13.5 Å². The Kier molecular flexibility index (Phi) is 9.76. The third kappa shape index (κ3) is 7.67. The van der Waals surface area contributed by atoms with Gasteiger partial charge in [-0.05, 0) is 72.7 Å². The Morgan fingerprint density at radius 3 is 2.33 bits per heavy atom. The first-order valence-electron chi connectivity index (χ1n) is 13.9. The molecule has 4 aromatic carbocycles. The predicted molar refractivity (Wildman–Crippen MR) is 169 cm³/mol. The van der Waals surface area contributed by atoms with Crippen LogP contribution in [0.2, 0.25) is 5.02 Å². The monoisotopic (exact) mass is 625 g/mol. The number of nitrogens with one attached hydrogen (secondary N) is 2. The highest BCUT2D eigenvalue weighted by atomic mass is 35.5. The van der Waals surface area contributed by atoms with Crippen LogP contribution in [0.1, 0.15) is 18.1 Å². The first-order valence-corrected chi connectivity index (χ1v) is 14.3. The molecule has 11 heteroatoms. The van der Waals surface area contributed by atoms with Gasteiger partial charge in [0.05, 0.1) is 23.0 Å². The summed E-state index contributed by atoms with van der Waals surface area (Å²) in [6.07, 6.45) is 1.35. The van der Waals surface area contributed by atoms with Crippen molar-refractivity contribution < 1.29 is 33.4 Å². The van der Waals surface area contributed by atoms with Crippen LogP contribution in [-0.4, -0.2) is 37.0 Å². The summed E-state index contributed by atoms with van der Waals surface area (Å²) in [5, 5.41) is 5.29. The minimum atomic E-state index is -0.867. The van der Waals surface area contributed by atoms with Crippen LogP contribution in [0.25, 0.3) is 6.08 Å². The van der Waals surface area contributed by atoms with Gasteiger partial charge in [-0.1, -0.05) is 60.1 Å². The molecule has 4 aromatic rings. The molecule has 0 unspecified atom stereocenters. The molecule has 2 N–H and O–H groups in total. The molecule has 1 heterocycles. The number of nitrogens with zero attached hydrogens (tertiary/aromatic N) is 1. The Labute approximate surface area is 264 Å². The Hall–Kier alpha value is -5.61. The molecule has 228 valence electrons. The zero-order valence-electron chi connectivity index (χ0n) is 24.1. The Morgan fingerprint density at radius 1 is 0.867 bits per heavy atom. The minimum absolute atomic E-state index is 0.255. The van der Waals surface area contributed by atoms with E-state index in [9.17, 15) is 19.2 Å². The van der Waals surface area contributed by atoms with Gasteiger partial charge in [0.2, 0.25) is 0 Å². The van der Waals surface area contributed by atoms with Crippen LogP contribution < -0.4 is 29.7 Å². The van der Waals surface area contributed by atoms with Crippen LogP contribution in [0.4, 0.5) is 16.2 Å². The number of rotatable bonds is 11. The molecule has 1 aliphatic rings. The second-order valence-electron chi connectivity index (χ2n) is 9.68. The Morgan fingerprint density at radius 2 is 1.60 bits per heavy atom. The number of barbiturate groups is 1. The molecule has 1 aliphatic heterocycles. The van der Waals surface area contributed by atoms with Crippen molar-refractivity contribution in [1.29, 1.82) is 0 Å². The van der Waals surface area contributed by atoms with Gasteiger partial charge in [-0.25, -0.2) is 9.69 Å². The molecule has 1 saturated heterocycles. The number of halogens is 1. The fourth-order valence-corrected chi connectivity index (χ4v) is 4.57. The van der Waals surface area contributed by atoms with Crippen molar-refractivity contribution in [3.05, 3.63) is 119 Å². The number of carbonyl (C=O) groups is 4. The summed E-state index contributed by atoms with van der Waals surface area (Å²) in [4.78, 5) is 52.1. The summed E-state index contributed by atoms with van der Waals surface area (Å²) in [5.41, 5.74) is 1.89. The van der Waals surface area contributed by atoms with Gasteiger partial charge in [-0.3, -0.25) is 19.7 Å². The average molecular weight is 626 g/mol. The van der Waals surface area contributed by atoms with E-state index in [1.807, 2.05) is 30.3 Å². The van der Waals surface area contributed by atoms with Gasteiger partial charge in [-0.15, -0.1) is 0 Å². The van der Waals surface area contributed by atoms with Gasteiger partial charge in [-0.2, -0.15) is 0 Å². The minimum Gasteiger partial charge on any atom is -0.490 e.